The third-order valence-corrected chi connectivity index (χ3v) is 7.01. The summed E-state index contributed by atoms with van der Waals surface area (Å²) in [6.45, 7) is 8.63. The van der Waals surface area contributed by atoms with E-state index in [1.165, 1.54) is 8.61 Å². The first-order valence-corrected chi connectivity index (χ1v) is 11.1. The highest BCUT2D eigenvalue weighted by Gasteiger charge is 2.36. The minimum atomic E-state index is -3.50. The molecule has 2 atom stereocenters. The number of hydrogen-bond donors (Lipinski definition) is 1. The van der Waals surface area contributed by atoms with Crippen LogP contribution in [0.4, 0.5) is 5.69 Å². The number of nitrogens with zero attached hydrogens (tertiary/aromatic N) is 3. The Hall–Kier alpha value is -1.52. The lowest BCUT2D eigenvalue weighted by Crippen LogP contribution is -2.57. The largest absolute Gasteiger partial charge is 0.373 e. The number of morpholine rings is 1. The average molecular weight is 411 g/mol. The lowest BCUT2D eigenvalue weighted by molar-refractivity contribution is -0.117. The lowest BCUT2D eigenvalue weighted by Gasteiger charge is -2.40. The number of amides is 1. The van der Waals surface area contributed by atoms with Gasteiger partial charge in [0.2, 0.25) is 5.91 Å². The second-order valence-corrected chi connectivity index (χ2v) is 9.60. The number of benzene rings is 1. The molecule has 2 fully saturated rings. The summed E-state index contributed by atoms with van der Waals surface area (Å²) in [5, 5.41) is 2.90. The monoisotopic (exact) mass is 410 g/mol. The van der Waals surface area contributed by atoms with Crippen molar-refractivity contribution >= 4 is 21.8 Å². The van der Waals surface area contributed by atoms with Crippen LogP contribution in [-0.4, -0.2) is 85.9 Å². The zero-order valence-electron chi connectivity index (χ0n) is 16.8. The van der Waals surface area contributed by atoms with Crippen molar-refractivity contribution in [3.8, 4) is 0 Å². The lowest BCUT2D eigenvalue weighted by atomic mass is 10.2. The van der Waals surface area contributed by atoms with E-state index in [-0.39, 0.29) is 24.7 Å². The van der Waals surface area contributed by atoms with Gasteiger partial charge in [0.25, 0.3) is 10.2 Å². The highest BCUT2D eigenvalue weighted by molar-refractivity contribution is 7.86. The minimum absolute atomic E-state index is 0.0854. The average Bonchev–Trinajstić information content (AvgIpc) is 2.61. The maximum absolute atomic E-state index is 12.9. The fourth-order valence-corrected chi connectivity index (χ4v) is 5.48. The molecule has 2 aliphatic heterocycles. The van der Waals surface area contributed by atoms with Crippen LogP contribution in [0.15, 0.2) is 24.3 Å². The zero-order chi connectivity index (χ0) is 20.3. The van der Waals surface area contributed by atoms with E-state index in [0.29, 0.717) is 39.3 Å². The van der Waals surface area contributed by atoms with Crippen molar-refractivity contribution in [2.45, 2.75) is 33.0 Å². The fourth-order valence-electron chi connectivity index (χ4n) is 3.73. The van der Waals surface area contributed by atoms with Gasteiger partial charge in [-0.15, -0.1) is 0 Å². The highest BCUT2D eigenvalue weighted by atomic mass is 32.2. The van der Waals surface area contributed by atoms with Gasteiger partial charge in [0.1, 0.15) is 0 Å². The molecule has 0 aromatic heterocycles. The summed E-state index contributed by atoms with van der Waals surface area (Å²) in [6, 6.07) is 7.67. The standard InChI is InChI=1S/C19H30N4O4S/c1-15-5-4-6-18(11-15)20-19(24)14-21-7-9-22(10-8-21)28(25,26)23-12-16(2)27-17(3)13-23/h4-6,11,16-17H,7-10,12-14H2,1-3H3,(H,20,24). The third kappa shape index (κ3) is 5.30. The number of carbonyl (C=O) groups excluding carboxylic acids is 1. The molecule has 2 aliphatic rings. The van der Waals surface area contributed by atoms with E-state index in [1.807, 2.05) is 49.9 Å². The topological polar surface area (TPSA) is 82.2 Å². The van der Waals surface area contributed by atoms with Crippen LogP contribution < -0.4 is 5.32 Å². The highest BCUT2D eigenvalue weighted by Crippen LogP contribution is 2.19. The summed E-state index contributed by atoms with van der Waals surface area (Å²) in [4.78, 5) is 14.3. The van der Waals surface area contributed by atoms with Gasteiger partial charge in [-0.3, -0.25) is 9.69 Å². The zero-order valence-corrected chi connectivity index (χ0v) is 17.6. The summed E-state index contributed by atoms with van der Waals surface area (Å²) in [7, 11) is -3.50. The molecule has 3 rings (SSSR count). The van der Waals surface area contributed by atoms with E-state index in [9.17, 15) is 13.2 Å². The van der Waals surface area contributed by atoms with Gasteiger partial charge < -0.3 is 10.1 Å². The van der Waals surface area contributed by atoms with E-state index in [4.69, 9.17) is 4.74 Å². The van der Waals surface area contributed by atoms with E-state index in [2.05, 4.69) is 5.32 Å². The number of carbonyl (C=O) groups is 1. The first-order chi connectivity index (χ1) is 13.2. The number of rotatable bonds is 5. The van der Waals surface area contributed by atoms with E-state index in [0.717, 1.165) is 11.3 Å². The second-order valence-electron chi connectivity index (χ2n) is 7.67. The summed E-state index contributed by atoms with van der Waals surface area (Å²) in [6.07, 6.45) is -0.213. The summed E-state index contributed by atoms with van der Waals surface area (Å²) >= 11 is 0. The molecule has 0 aliphatic carbocycles. The summed E-state index contributed by atoms with van der Waals surface area (Å²) in [5.74, 6) is -0.0854. The predicted molar refractivity (Wildman–Crippen MR) is 108 cm³/mol. The number of nitrogens with one attached hydrogen (secondary N) is 1. The molecule has 0 radical (unpaired) electrons. The van der Waals surface area contributed by atoms with Gasteiger partial charge in [-0.25, -0.2) is 0 Å². The number of aryl methyl sites for hydroxylation is 1. The van der Waals surface area contributed by atoms with Crippen molar-refractivity contribution in [3.63, 3.8) is 0 Å². The molecule has 0 bridgehead atoms. The Morgan fingerprint density at radius 2 is 1.75 bits per heavy atom. The van der Waals surface area contributed by atoms with Crippen LogP contribution in [0.3, 0.4) is 0 Å². The van der Waals surface area contributed by atoms with Crippen LogP contribution in [0, 0.1) is 6.92 Å². The normalized spacial score (nSPS) is 25.5. The molecule has 0 spiro atoms. The van der Waals surface area contributed by atoms with Crippen LogP contribution in [0.1, 0.15) is 19.4 Å². The van der Waals surface area contributed by atoms with Crippen molar-refractivity contribution in [1.82, 2.24) is 13.5 Å². The Morgan fingerprint density at radius 3 is 2.36 bits per heavy atom. The fraction of sp³-hybridized carbons (Fsp3) is 0.632. The van der Waals surface area contributed by atoms with Crippen LogP contribution in [0.5, 0.6) is 0 Å². The Balaban J connectivity index is 1.50. The maximum Gasteiger partial charge on any atom is 0.282 e. The van der Waals surface area contributed by atoms with E-state index in [1.54, 1.807) is 0 Å². The Morgan fingerprint density at radius 1 is 1.11 bits per heavy atom. The third-order valence-electron chi connectivity index (χ3n) is 5.04. The molecule has 1 amide bonds. The van der Waals surface area contributed by atoms with Gasteiger partial charge in [0.15, 0.2) is 0 Å². The van der Waals surface area contributed by atoms with Gasteiger partial charge >= 0.3 is 0 Å². The number of hydrogen-bond acceptors (Lipinski definition) is 5. The molecular weight excluding hydrogens is 380 g/mol. The SMILES string of the molecule is Cc1cccc(NC(=O)CN2CCN(S(=O)(=O)N3CC(C)OC(C)C3)CC2)c1. The number of anilines is 1. The van der Waals surface area contributed by atoms with Crippen LogP contribution in [0.2, 0.25) is 0 Å². The van der Waals surface area contributed by atoms with Gasteiger partial charge in [-0.2, -0.15) is 17.0 Å². The molecule has 2 heterocycles. The van der Waals surface area contributed by atoms with Crippen molar-refractivity contribution in [3.05, 3.63) is 29.8 Å². The molecule has 1 N–H and O–H groups in total. The van der Waals surface area contributed by atoms with Crippen molar-refractivity contribution in [2.24, 2.45) is 0 Å². The van der Waals surface area contributed by atoms with Gasteiger partial charge in [0, 0.05) is 45.0 Å². The summed E-state index contributed by atoms with van der Waals surface area (Å²) < 4.78 is 34.5. The molecule has 2 saturated heterocycles. The van der Waals surface area contributed by atoms with E-state index >= 15 is 0 Å². The number of ether oxygens (including phenoxy) is 1. The summed E-state index contributed by atoms with van der Waals surface area (Å²) in [5.41, 5.74) is 1.87. The molecule has 28 heavy (non-hydrogen) atoms. The molecule has 1 aromatic carbocycles. The van der Waals surface area contributed by atoms with Gasteiger partial charge in [0.05, 0.1) is 18.8 Å². The Bertz CT molecular complexity index is 783. The van der Waals surface area contributed by atoms with Crippen molar-refractivity contribution < 1.29 is 17.9 Å². The molecule has 8 nitrogen and oxygen atoms in total. The quantitative estimate of drug-likeness (QED) is 0.780. The smallest absolute Gasteiger partial charge is 0.282 e. The van der Waals surface area contributed by atoms with E-state index < -0.39 is 10.2 Å². The van der Waals surface area contributed by atoms with Crippen LogP contribution in [0.25, 0.3) is 0 Å². The van der Waals surface area contributed by atoms with Crippen LogP contribution in [-0.2, 0) is 19.7 Å². The van der Waals surface area contributed by atoms with Gasteiger partial charge in [-0.05, 0) is 38.5 Å². The predicted octanol–water partition coefficient (Wildman–Crippen LogP) is 0.905. The minimum Gasteiger partial charge on any atom is -0.373 e. The van der Waals surface area contributed by atoms with Gasteiger partial charge in [-0.1, -0.05) is 12.1 Å². The molecule has 9 heteroatoms. The number of piperazine rings is 1. The first kappa shape index (κ1) is 21.2. The molecule has 1 aromatic rings. The van der Waals surface area contributed by atoms with Crippen LogP contribution >= 0.6 is 0 Å². The maximum atomic E-state index is 12.9. The second kappa shape index (κ2) is 8.87. The Labute approximate surface area is 167 Å². The first-order valence-electron chi connectivity index (χ1n) is 9.73. The molecular formula is C19H30N4O4S. The van der Waals surface area contributed by atoms with Crippen molar-refractivity contribution in [2.75, 3.05) is 51.1 Å². The molecule has 0 saturated carbocycles. The Kier molecular flexibility index (Phi) is 6.72. The molecule has 156 valence electrons. The molecule has 2 unspecified atom stereocenters. The van der Waals surface area contributed by atoms with Crippen molar-refractivity contribution in [1.29, 1.82) is 0 Å².